The number of ether oxygens (including phenoxy) is 1. The van der Waals surface area contributed by atoms with Gasteiger partial charge in [-0.05, 0) is 30.0 Å². The van der Waals surface area contributed by atoms with Crippen molar-refractivity contribution in [2.24, 2.45) is 5.92 Å². The second-order valence-electron chi connectivity index (χ2n) is 5.80. The van der Waals surface area contributed by atoms with E-state index in [0.29, 0.717) is 31.1 Å². The lowest BCUT2D eigenvalue weighted by atomic mass is 9.91. The first-order chi connectivity index (χ1) is 10.1. The minimum absolute atomic E-state index is 0.0154. The Morgan fingerprint density at radius 2 is 2.00 bits per heavy atom. The summed E-state index contributed by atoms with van der Waals surface area (Å²) in [4.78, 5) is 12.4. The van der Waals surface area contributed by atoms with Crippen molar-refractivity contribution >= 4 is 17.5 Å². The van der Waals surface area contributed by atoms with Gasteiger partial charge in [-0.2, -0.15) is 5.26 Å². The molecule has 2 aliphatic rings. The van der Waals surface area contributed by atoms with E-state index < -0.39 is 5.54 Å². The molecule has 1 saturated carbocycles. The molecule has 4 nitrogen and oxygen atoms in total. The van der Waals surface area contributed by atoms with Crippen LogP contribution in [-0.4, -0.2) is 24.7 Å². The summed E-state index contributed by atoms with van der Waals surface area (Å²) in [6, 6.07) is 9.89. The average molecular weight is 305 g/mol. The molecular weight excluding hydrogens is 288 g/mol. The third-order valence-electron chi connectivity index (χ3n) is 4.35. The molecule has 0 bridgehead atoms. The maximum absolute atomic E-state index is 12.4. The standard InChI is InChI=1S/C16H17ClN2O2/c17-12-3-1-11(2-4-12)13-9-14(13)15(20)19-16(10-18)5-7-21-8-6-16/h1-4,13-14H,5-9H2,(H,19,20)/t13-,14+/m0/s1. The van der Waals surface area contributed by atoms with Crippen LogP contribution >= 0.6 is 11.6 Å². The Kier molecular flexibility index (Phi) is 3.88. The van der Waals surface area contributed by atoms with E-state index >= 15 is 0 Å². The van der Waals surface area contributed by atoms with Crippen LogP contribution in [0.2, 0.25) is 5.02 Å². The Morgan fingerprint density at radius 1 is 1.33 bits per heavy atom. The van der Waals surface area contributed by atoms with E-state index in [0.717, 1.165) is 12.0 Å². The van der Waals surface area contributed by atoms with Crippen LogP contribution in [-0.2, 0) is 9.53 Å². The molecule has 2 atom stereocenters. The minimum atomic E-state index is -0.748. The van der Waals surface area contributed by atoms with Crippen molar-refractivity contribution in [2.45, 2.75) is 30.7 Å². The molecule has 1 amide bonds. The van der Waals surface area contributed by atoms with Crippen LogP contribution in [0.25, 0.3) is 0 Å². The summed E-state index contributed by atoms with van der Waals surface area (Å²) in [6.07, 6.45) is 1.96. The van der Waals surface area contributed by atoms with Gasteiger partial charge in [-0.1, -0.05) is 23.7 Å². The number of nitriles is 1. The molecule has 1 heterocycles. The quantitative estimate of drug-likeness (QED) is 0.933. The van der Waals surface area contributed by atoms with Crippen molar-refractivity contribution in [3.8, 4) is 6.07 Å². The zero-order valence-corrected chi connectivity index (χ0v) is 12.4. The van der Waals surface area contributed by atoms with Gasteiger partial charge in [0.1, 0.15) is 5.54 Å². The number of halogens is 1. The minimum Gasteiger partial charge on any atom is -0.381 e. The van der Waals surface area contributed by atoms with Crippen molar-refractivity contribution in [1.82, 2.24) is 5.32 Å². The number of hydrogen-bond donors (Lipinski definition) is 1. The molecular formula is C16H17ClN2O2. The lowest BCUT2D eigenvalue weighted by Gasteiger charge is -2.31. The Morgan fingerprint density at radius 3 is 2.62 bits per heavy atom. The molecule has 0 unspecified atom stereocenters. The first-order valence-corrected chi connectivity index (χ1v) is 7.58. The van der Waals surface area contributed by atoms with Gasteiger partial charge < -0.3 is 10.1 Å². The first-order valence-electron chi connectivity index (χ1n) is 7.20. The van der Waals surface area contributed by atoms with Crippen LogP contribution < -0.4 is 5.32 Å². The van der Waals surface area contributed by atoms with E-state index in [1.807, 2.05) is 24.3 Å². The normalized spacial score (nSPS) is 26.7. The monoisotopic (exact) mass is 304 g/mol. The summed E-state index contributed by atoms with van der Waals surface area (Å²) in [5.41, 5.74) is 0.389. The van der Waals surface area contributed by atoms with Gasteiger partial charge in [0.05, 0.1) is 6.07 Å². The van der Waals surface area contributed by atoms with Gasteiger partial charge in [-0.25, -0.2) is 0 Å². The highest BCUT2D eigenvalue weighted by Gasteiger charge is 2.46. The molecule has 1 saturated heterocycles. The molecule has 3 rings (SSSR count). The first kappa shape index (κ1) is 14.4. The van der Waals surface area contributed by atoms with Crippen molar-refractivity contribution in [3.05, 3.63) is 34.9 Å². The maximum atomic E-state index is 12.4. The van der Waals surface area contributed by atoms with Gasteiger partial charge in [0.2, 0.25) is 5.91 Å². The molecule has 0 spiro atoms. The second-order valence-corrected chi connectivity index (χ2v) is 6.23. The molecule has 0 aromatic heterocycles. The number of nitrogens with zero attached hydrogens (tertiary/aromatic N) is 1. The molecule has 5 heteroatoms. The average Bonchev–Trinajstić information content (AvgIpc) is 3.29. The molecule has 110 valence electrons. The number of hydrogen-bond acceptors (Lipinski definition) is 3. The van der Waals surface area contributed by atoms with Crippen molar-refractivity contribution < 1.29 is 9.53 Å². The van der Waals surface area contributed by atoms with E-state index in [1.165, 1.54) is 0 Å². The number of amides is 1. The van der Waals surface area contributed by atoms with Crippen molar-refractivity contribution in [3.63, 3.8) is 0 Å². The summed E-state index contributed by atoms with van der Waals surface area (Å²) in [5, 5.41) is 13.0. The second kappa shape index (κ2) is 5.67. The SMILES string of the molecule is N#CC1(NC(=O)[C@@H]2C[C@H]2c2ccc(Cl)cc2)CCOCC1. The predicted molar refractivity (Wildman–Crippen MR) is 78.8 cm³/mol. The smallest absolute Gasteiger partial charge is 0.224 e. The maximum Gasteiger partial charge on any atom is 0.224 e. The lowest BCUT2D eigenvalue weighted by molar-refractivity contribution is -0.124. The van der Waals surface area contributed by atoms with E-state index in [2.05, 4.69) is 11.4 Å². The lowest BCUT2D eigenvalue weighted by Crippen LogP contribution is -2.51. The van der Waals surface area contributed by atoms with Gasteiger partial charge in [-0.3, -0.25) is 4.79 Å². The number of nitrogens with one attached hydrogen (secondary N) is 1. The number of carbonyl (C=O) groups is 1. The number of rotatable bonds is 3. The van der Waals surface area contributed by atoms with Crippen LogP contribution in [0.15, 0.2) is 24.3 Å². The van der Waals surface area contributed by atoms with Crippen LogP contribution in [0.4, 0.5) is 0 Å². The third kappa shape index (κ3) is 3.04. The molecule has 2 fully saturated rings. The number of benzene rings is 1. The van der Waals surface area contributed by atoms with E-state index in [9.17, 15) is 10.1 Å². The van der Waals surface area contributed by atoms with Gasteiger partial charge >= 0.3 is 0 Å². The van der Waals surface area contributed by atoms with E-state index in [1.54, 1.807) is 0 Å². The Bertz CT molecular complexity index is 573. The zero-order chi connectivity index (χ0) is 14.9. The summed E-state index contributed by atoms with van der Waals surface area (Å²) < 4.78 is 5.27. The molecule has 1 aliphatic carbocycles. The summed E-state index contributed by atoms with van der Waals surface area (Å²) >= 11 is 5.87. The molecule has 0 radical (unpaired) electrons. The highest BCUT2D eigenvalue weighted by Crippen LogP contribution is 2.48. The van der Waals surface area contributed by atoms with Gasteiger partial charge in [0.15, 0.2) is 0 Å². The highest BCUT2D eigenvalue weighted by molar-refractivity contribution is 6.30. The van der Waals surface area contributed by atoms with Crippen LogP contribution in [0.1, 0.15) is 30.7 Å². The van der Waals surface area contributed by atoms with Crippen LogP contribution in [0.3, 0.4) is 0 Å². The Balaban J connectivity index is 1.62. The van der Waals surface area contributed by atoms with Crippen molar-refractivity contribution in [1.29, 1.82) is 5.26 Å². The fraction of sp³-hybridized carbons (Fsp3) is 0.500. The van der Waals surface area contributed by atoms with Crippen LogP contribution in [0, 0.1) is 17.2 Å². The zero-order valence-electron chi connectivity index (χ0n) is 11.6. The molecule has 1 aliphatic heterocycles. The summed E-state index contributed by atoms with van der Waals surface area (Å²) in [7, 11) is 0. The highest BCUT2D eigenvalue weighted by atomic mass is 35.5. The predicted octanol–water partition coefficient (Wildman–Crippen LogP) is 2.63. The number of carbonyl (C=O) groups excluding carboxylic acids is 1. The van der Waals surface area contributed by atoms with Gasteiger partial charge in [0.25, 0.3) is 0 Å². The molecule has 1 aromatic rings. The fourth-order valence-electron chi connectivity index (χ4n) is 2.88. The fourth-order valence-corrected chi connectivity index (χ4v) is 3.00. The summed E-state index contributed by atoms with van der Waals surface area (Å²) in [5.74, 6) is 0.204. The van der Waals surface area contributed by atoms with Crippen molar-refractivity contribution in [2.75, 3.05) is 13.2 Å². The molecule has 1 aromatic carbocycles. The van der Waals surface area contributed by atoms with E-state index in [4.69, 9.17) is 16.3 Å². The Hall–Kier alpha value is -1.57. The van der Waals surface area contributed by atoms with Crippen LogP contribution in [0.5, 0.6) is 0 Å². The largest absolute Gasteiger partial charge is 0.381 e. The molecule has 21 heavy (non-hydrogen) atoms. The van der Waals surface area contributed by atoms with E-state index in [-0.39, 0.29) is 17.7 Å². The summed E-state index contributed by atoms with van der Waals surface area (Å²) in [6.45, 7) is 1.05. The molecule has 1 N–H and O–H groups in total. The Labute approximate surface area is 129 Å². The third-order valence-corrected chi connectivity index (χ3v) is 4.60. The topological polar surface area (TPSA) is 62.1 Å². The van der Waals surface area contributed by atoms with Gasteiger partial charge in [-0.15, -0.1) is 0 Å². The van der Waals surface area contributed by atoms with Gasteiger partial charge in [0, 0.05) is 37.0 Å².